The van der Waals surface area contributed by atoms with E-state index in [1.165, 1.54) is 0 Å². The zero-order valence-electron chi connectivity index (χ0n) is 5.61. The van der Waals surface area contributed by atoms with Crippen molar-refractivity contribution < 1.29 is 4.79 Å². The zero-order chi connectivity index (χ0) is 6.91. The Labute approximate surface area is 54.6 Å². The topological polar surface area (TPSA) is 55.1 Å². The van der Waals surface area contributed by atoms with E-state index in [0.717, 1.165) is 6.54 Å². The highest BCUT2D eigenvalue weighted by molar-refractivity contribution is 5.79. The highest BCUT2D eigenvalue weighted by Gasteiger charge is 2.31. The fourth-order valence-corrected chi connectivity index (χ4v) is 0.969. The van der Waals surface area contributed by atoms with Crippen LogP contribution in [-0.2, 0) is 4.79 Å². The summed E-state index contributed by atoms with van der Waals surface area (Å²) in [5.41, 5.74) is 5.46. The molecule has 0 bridgehead atoms. The molecule has 1 fully saturated rings. The smallest absolute Gasteiger partial charge is 0.220 e. The van der Waals surface area contributed by atoms with E-state index in [2.05, 4.69) is 5.32 Å². The first-order valence-corrected chi connectivity index (χ1v) is 3.13. The third-order valence-corrected chi connectivity index (χ3v) is 1.79. The molecule has 1 rings (SSSR count). The molecular weight excluding hydrogens is 116 g/mol. The lowest BCUT2D eigenvalue weighted by atomic mass is 9.90. The van der Waals surface area contributed by atoms with E-state index in [9.17, 15) is 4.79 Å². The van der Waals surface area contributed by atoms with Gasteiger partial charge in [-0.1, -0.05) is 6.92 Å². The highest BCUT2D eigenvalue weighted by Crippen LogP contribution is 2.22. The maximum absolute atomic E-state index is 10.7. The number of nitrogens with two attached hydrogens (primary N) is 1. The Kier molecular flexibility index (Phi) is 1.45. The predicted molar refractivity (Wildman–Crippen MR) is 34.8 cm³/mol. The van der Waals surface area contributed by atoms with Crippen molar-refractivity contribution in [3.63, 3.8) is 0 Å². The summed E-state index contributed by atoms with van der Waals surface area (Å²) in [5, 5.41) is 2.74. The highest BCUT2D eigenvalue weighted by atomic mass is 16.1. The van der Waals surface area contributed by atoms with Crippen LogP contribution in [0, 0.1) is 5.41 Å². The van der Waals surface area contributed by atoms with Gasteiger partial charge in [-0.15, -0.1) is 0 Å². The summed E-state index contributed by atoms with van der Waals surface area (Å²) in [5.74, 6) is 0.128. The Balaban J connectivity index is 2.54. The summed E-state index contributed by atoms with van der Waals surface area (Å²) in [4.78, 5) is 10.7. The lowest BCUT2D eigenvalue weighted by Crippen LogP contribution is -2.29. The Morgan fingerprint density at radius 1 is 1.89 bits per heavy atom. The number of hydrogen-bond donors (Lipinski definition) is 2. The van der Waals surface area contributed by atoms with Crippen LogP contribution in [0.3, 0.4) is 0 Å². The van der Waals surface area contributed by atoms with E-state index < -0.39 is 0 Å². The Morgan fingerprint density at radius 2 is 2.56 bits per heavy atom. The summed E-state index contributed by atoms with van der Waals surface area (Å²) in [6, 6.07) is 0. The van der Waals surface area contributed by atoms with Crippen LogP contribution in [0.4, 0.5) is 0 Å². The van der Waals surface area contributed by atoms with Crippen LogP contribution in [0.2, 0.25) is 0 Å². The molecule has 0 saturated carbocycles. The average molecular weight is 128 g/mol. The Bertz CT molecular complexity index is 135. The molecule has 0 aromatic heterocycles. The first-order chi connectivity index (χ1) is 4.16. The maximum atomic E-state index is 10.7. The van der Waals surface area contributed by atoms with Gasteiger partial charge in [0.05, 0.1) is 0 Å². The average Bonchev–Trinajstić information content (AvgIpc) is 2.13. The predicted octanol–water partition coefficient (Wildman–Crippen LogP) is -0.529. The van der Waals surface area contributed by atoms with Crippen LogP contribution < -0.4 is 11.1 Å². The van der Waals surface area contributed by atoms with Gasteiger partial charge in [0, 0.05) is 18.4 Å². The van der Waals surface area contributed by atoms with Crippen LogP contribution in [0.15, 0.2) is 0 Å². The van der Waals surface area contributed by atoms with Gasteiger partial charge < -0.3 is 11.1 Å². The summed E-state index contributed by atoms with van der Waals surface area (Å²) in [7, 11) is 0. The van der Waals surface area contributed by atoms with Crippen LogP contribution in [0.25, 0.3) is 0 Å². The molecule has 1 aliphatic heterocycles. The van der Waals surface area contributed by atoms with E-state index in [1.807, 2.05) is 6.92 Å². The second-order valence-electron chi connectivity index (χ2n) is 2.97. The number of amides is 1. The second kappa shape index (κ2) is 1.99. The van der Waals surface area contributed by atoms with Crippen molar-refractivity contribution in [2.75, 3.05) is 13.1 Å². The molecule has 1 aliphatic rings. The molecule has 9 heavy (non-hydrogen) atoms. The van der Waals surface area contributed by atoms with Crippen LogP contribution >= 0.6 is 0 Å². The molecule has 3 nitrogen and oxygen atoms in total. The minimum Gasteiger partial charge on any atom is -0.355 e. The molecule has 0 spiro atoms. The number of carbonyl (C=O) groups is 1. The molecular formula is C6H12N2O. The molecule has 0 aromatic carbocycles. The molecule has 3 N–H and O–H groups in total. The van der Waals surface area contributed by atoms with Gasteiger partial charge in [0.25, 0.3) is 0 Å². The van der Waals surface area contributed by atoms with Crippen LogP contribution in [0.1, 0.15) is 13.3 Å². The van der Waals surface area contributed by atoms with Crippen molar-refractivity contribution in [2.24, 2.45) is 11.1 Å². The van der Waals surface area contributed by atoms with Gasteiger partial charge in [-0.2, -0.15) is 0 Å². The van der Waals surface area contributed by atoms with Crippen molar-refractivity contribution in [1.82, 2.24) is 5.32 Å². The molecule has 0 aromatic rings. The minimum atomic E-state index is 0.0249. The summed E-state index contributed by atoms with van der Waals surface area (Å²) >= 11 is 0. The van der Waals surface area contributed by atoms with E-state index in [-0.39, 0.29) is 11.3 Å². The molecule has 0 radical (unpaired) electrons. The summed E-state index contributed by atoms with van der Waals surface area (Å²) in [6.07, 6.45) is 0.587. The molecule has 3 heteroatoms. The molecule has 1 heterocycles. The number of carbonyl (C=O) groups excluding carboxylic acids is 1. The fraction of sp³-hybridized carbons (Fsp3) is 0.833. The third-order valence-electron chi connectivity index (χ3n) is 1.79. The van der Waals surface area contributed by atoms with Crippen LogP contribution in [0.5, 0.6) is 0 Å². The van der Waals surface area contributed by atoms with Crippen LogP contribution in [-0.4, -0.2) is 19.0 Å². The SMILES string of the molecule is C[C@]1(CN)CNC(=O)C1. The molecule has 1 saturated heterocycles. The third kappa shape index (κ3) is 1.21. The number of nitrogens with one attached hydrogen (secondary N) is 1. The summed E-state index contributed by atoms with van der Waals surface area (Å²) < 4.78 is 0. The van der Waals surface area contributed by atoms with Crippen molar-refractivity contribution in [1.29, 1.82) is 0 Å². The first kappa shape index (κ1) is 6.55. The van der Waals surface area contributed by atoms with Gasteiger partial charge >= 0.3 is 0 Å². The summed E-state index contributed by atoms with van der Waals surface area (Å²) in [6.45, 7) is 3.35. The molecule has 1 amide bonds. The lowest BCUT2D eigenvalue weighted by molar-refractivity contribution is -0.119. The van der Waals surface area contributed by atoms with Gasteiger partial charge in [-0.25, -0.2) is 0 Å². The van der Waals surface area contributed by atoms with E-state index in [4.69, 9.17) is 5.73 Å². The van der Waals surface area contributed by atoms with Gasteiger partial charge in [0.1, 0.15) is 0 Å². The minimum absolute atomic E-state index is 0.0249. The quantitative estimate of drug-likeness (QED) is 0.499. The van der Waals surface area contributed by atoms with Crippen molar-refractivity contribution in [3.8, 4) is 0 Å². The Morgan fingerprint density at radius 3 is 2.78 bits per heavy atom. The van der Waals surface area contributed by atoms with Gasteiger partial charge in [0.15, 0.2) is 0 Å². The number of rotatable bonds is 1. The second-order valence-corrected chi connectivity index (χ2v) is 2.97. The molecule has 1 atom stereocenters. The van der Waals surface area contributed by atoms with Crippen molar-refractivity contribution >= 4 is 5.91 Å². The van der Waals surface area contributed by atoms with Gasteiger partial charge in [-0.05, 0) is 6.54 Å². The zero-order valence-corrected chi connectivity index (χ0v) is 5.61. The fourth-order valence-electron chi connectivity index (χ4n) is 0.969. The van der Waals surface area contributed by atoms with E-state index in [0.29, 0.717) is 13.0 Å². The van der Waals surface area contributed by atoms with Gasteiger partial charge in [-0.3, -0.25) is 4.79 Å². The van der Waals surface area contributed by atoms with E-state index >= 15 is 0 Å². The van der Waals surface area contributed by atoms with E-state index in [1.54, 1.807) is 0 Å². The Hall–Kier alpha value is -0.570. The lowest BCUT2D eigenvalue weighted by Gasteiger charge is -2.16. The van der Waals surface area contributed by atoms with Crippen molar-refractivity contribution in [3.05, 3.63) is 0 Å². The normalized spacial score (nSPS) is 34.7. The van der Waals surface area contributed by atoms with Crippen molar-refractivity contribution in [2.45, 2.75) is 13.3 Å². The monoisotopic (exact) mass is 128 g/mol. The molecule has 0 unspecified atom stereocenters. The maximum Gasteiger partial charge on any atom is 0.220 e. The number of hydrogen-bond acceptors (Lipinski definition) is 2. The standard InChI is InChI=1S/C6H12N2O/c1-6(3-7)2-5(9)8-4-6/h2-4,7H2,1H3,(H,8,9)/t6-/m0/s1. The largest absolute Gasteiger partial charge is 0.355 e. The van der Waals surface area contributed by atoms with Gasteiger partial charge in [0.2, 0.25) is 5.91 Å². The first-order valence-electron chi connectivity index (χ1n) is 3.13. The molecule has 52 valence electrons. The molecule has 0 aliphatic carbocycles.